The minimum absolute atomic E-state index is 0.153. The Labute approximate surface area is 126 Å². The number of pyridine rings is 1. The van der Waals surface area contributed by atoms with Crippen LogP contribution in [0.15, 0.2) is 41.1 Å². The molecule has 19 heavy (non-hydrogen) atoms. The molecule has 2 rings (SSSR count). The summed E-state index contributed by atoms with van der Waals surface area (Å²) in [5.41, 5.74) is 8.72. The van der Waals surface area contributed by atoms with Crippen LogP contribution in [0.3, 0.4) is 0 Å². The minimum Gasteiger partial charge on any atom is -0.396 e. The summed E-state index contributed by atoms with van der Waals surface area (Å²) in [7, 11) is 2.00. The van der Waals surface area contributed by atoms with Crippen molar-refractivity contribution in [2.75, 3.05) is 17.7 Å². The van der Waals surface area contributed by atoms with Gasteiger partial charge in [-0.1, -0.05) is 23.7 Å². The number of halogens is 2. The summed E-state index contributed by atoms with van der Waals surface area (Å²) < 4.78 is 0.879. The van der Waals surface area contributed by atoms with Gasteiger partial charge in [-0.3, -0.25) is 4.98 Å². The Balaban J connectivity index is 2.36. The predicted octanol–water partition coefficient (Wildman–Crippen LogP) is 4.28. The number of hydrogen-bond donors (Lipinski definition) is 1. The highest BCUT2D eigenvalue weighted by molar-refractivity contribution is 9.10. The SMILES string of the molecule is CC(c1cccc(Cl)c1)N(C)c1c(N)cncc1Br. The van der Waals surface area contributed by atoms with Gasteiger partial charge in [-0.25, -0.2) is 0 Å². The van der Waals surface area contributed by atoms with Gasteiger partial charge in [-0.15, -0.1) is 0 Å². The van der Waals surface area contributed by atoms with E-state index in [1.807, 2.05) is 25.2 Å². The first-order valence-corrected chi connectivity index (χ1v) is 7.05. The van der Waals surface area contributed by atoms with Crippen molar-refractivity contribution in [2.45, 2.75) is 13.0 Å². The molecule has 0 radical (unpaired) electrons. The van der Waals surface area contributed by atoms with Crippen LogP contribution in [-0.4, -0.2) is 12.0 Å². The Morgan fingerprint density at radius 3 is 2.74 bits per heavy atom. The molecule has 2 aromatic rings. The molecule has 0 fully saturated rings. The molecule has 0 aliphatic carbocycles. The van der Waals surface area contributed by atoms with E-state index in [9.17, 15) is 0 Å². The number of nitrogens with zero attached hydrogens (tertiary/aromatic N) is 2. The van der Waals surface area contributed by atoms with E-state index in [2.05, 4.69) is 38.8 Å². The lowest BCUT2D eigenvalue weighted by molar-refractivity contribution is 0.739. The van der Waals surface area contributed by atoms with Crippen LogP contribution in [0.5, 0.6) is 0 Å². The van der Waals surface area contributed by atoms with E-state index in [0.717, 1.165) is 20.7 Å². The molecule has 1 unspecified atom stereocenters. The van der Waals surface area contributed by atoms with Gasteiger partial charge in [0.25, 0.3) is 0 Å². The molecule has 1 heterocycles. The first-order valence-electron chi connectivity index (χ1n) is 5.88. The van der Waals surface area contributed by atoms with Crippen LogP contribution in [-0.2, 0) is 0 Å². The molecular weight excluding hydrogens is 326 g/mol. The molecule has 100 valence electrons. The van der Waals surface area contributed by atoms with Crippen LogP contribution in [0.2, 0.25) is 5.02 Å². The lowest BCUT2D eigenvalue weighted by Gasteiger charge is -2.29. The number of rotatable bonds is 3. The predicted molar refractivity (Wildman–Crippen MR) is 84.6 cm³/mol. The number of nitrogen functional groups attached to an aromatic ring is 1. The molecule has 3 nitrogen and oxygen atoms in total. The maximum Gasteiger partial charge on any atom is 0.0778 e. The maximum atomic E-state index is 6.04. The van der Waals surface area contributed by atoms with E-state index in [-0.39, 0.29) is 6.04 Å². The Hall–Kier alpha value is -1.26. The summed E-state index contributed by atoms with van der Waals surface area (Å²) in [6.45, 7) is 2.11. The van der Waals surface area contributed by atoms with Crippen molar-refractivity contribution in [1.82, 2.24) is 4.98 Å². The topological polar surface area (TPSA) is 42.1 Å². The molecule has 0 aliphatic heterocycles. The molecule has 0 saturated carbocycles. The average molecular weight is 341 g/mol. The summed E-state index contributed by atoms with van der Waals surface area (Å²) in [4.78, 5) is 6.16. The Morgan fingerprint density at radius 2 is 2.11 bits per heavy atom. The number of benzene rings is 1. The standard InChI is InChI=1S/C14H15BrClN3/c1-9(10-4-3-5-11(16)6-10)19(2)14-12(15)7-18-8-13(14)17/h3-9H,17H2,1-2H3. The third kappa shape index (κ3) is 3.01. The van der Waals surface area contributed by atoms with Gasteiger partial charge in [-0.2, -0.15) is 0 Å². The summed E-state index contributed by atoms with van der Waals surface area (Å²) >= 11 is 9.53. The molecule has 2 N–H and O–H groups in total. The number of hydrogen-bond acceptors (Lipinski definition) is 3. The van der Waals surface area contributed by atoms with E-state index < -0.39 is 0 Å². The molecule has 5 heteroatoms. The fourth-order valence-corrected chi connectivity index (χ4v) is 2.82. The van der Waals surface area contributed by atoms with Crippen LogP contribution in [0.4, 0.5) is 11.4 Å². The lowest BCUT2D eigenvalue weighted by atomic mass is 10.1. The van der Waals surface area contributed by atoms with Crippen molar-refractivity contribution in [3.05, 3.63) is 51.7 Å². The summed E-state index contributed by atoms with van der Waals surface area (Å²) in [6.07, 6.45) is 3.40. The van der Waals surface area contributed by atoms with Crippen LogP contribution >= 0.6 is 27.5 Å². The Kier molecular flexibility index (Phi) is 4.32. The lowest BCUT2D eigenvalue weighted by Crippen LogP contribution is -2.23. The maximum absolute atomic E-state index is 6.04. The second-order valence-corrected chi connectivity index (χ2v) is 5.69. The van der Waals surface area contributed by atoms with Crippen molar-refractivity contribution in [3.63, 3.8) is 0 Å². The van der Waals surface area contributed by atoms with Crippen molar-refractivity contribution in [3.8, 4) is 0 Å². The van der Waals surface area contributed by atoms with E-state index in [0.29, 0.717) is 5.69 Å². The monoisotopic (exact) mass is 339 g/mol. The highest BCUT2D eigenvalue weighted by Gasteiger charge is 2.17. The molecule has 0 aliphatic rings. The van der Waals surface area contributed by atoms with Gasteiger partial charge >= 0.3 is 0 Å². The van der Waals surface area contributed by atoms with Crippen molar-refractivity contribution in [2.24, 2.45) is 0 Å². The average Bonchev–Trinajstić information content (AvgIpc) is 2.37. The second-order valence-electron chi connectivity index (χ2n) is 4.40. The van der Waals surface area contributed by atoms with Gasteiger partial charge in [0.1, 0.15) is 0 Å². The zero-order valence-electron chi connectivity index (χ0n) is 10.8. The van der Waals surface area contributed by atoms with Crippen LogP contribution in [0.25, 0.3) is 0 Å². The van der Waals surface area contributed by atoms with Gasteiger partial charge in [0.2, 0.25) is 0 Å². The molecule has 1 aromatic heterocycles. The van der Waals surface area contributed by atoms with E-state index >= 15 is 0 Å². The molecule has 0 spiro atoms. The zero-order chi connectivity index (χ0) is 14.0. The first-order chi connectivity index (χ1) is 9.00. The van der Waals surface area contributed by atoms with Crippen molar-refractivity contribution in [1.29, 1.82) is 0 Å². The number of nitrogens with two attached hydrogens (primary N) is 1. The van der Waals surface area contributed by atoms with Gasteiger partial charge < -0.3 is 10.6 Å². The van der Waals surface area contributed by atoms with Gasteiger partial charge in [0.15, 0.2) is 0 Å². The molecule has 1 aromatic carbocycles. The Morgan fingerprint density at radius 1 is 1.37 bits per heavy atom. The fraction of sp³-hybridized carbons (Fsp3) is 0.214. The highest BCUT2D eigenvalue weighted by Crippen LogP contribution is 2.35. The number of aromatic nitrogens is 1. The van der Waals surface area contributed by atoms with Crippen molar-refractivity contribution < 1.29 is 0 Å². The van der Waals surface area contributed by atoms with Crippen LogP contribution in [0, 0.1) is 0 Å². The summed E-state index contributed by atoms with van der Waals surface area (Å²) in [6, 6.07) is 7.99. The zero-order valence-corrected chi connectivity index (χ0v) is 13.1. The third-order valence-corrected chi connectivity index (χ3v) is 3.98. The Bertz CT molecular complexity index is 568. The van der Waals surface area contributed by atoms with E-state index in [4.69, 9.17) is 17.3 Å². The highest BCUT2D eigenvalue weighted by atomic mass is 79.9. The van der Waals surface area contributed by atoms with Gasteiger partial charge in [-0.05, 0) is 40.5 Å². The van der Waals surface area contributed by atoms with Gasteiger partial charge in [0.05, 0.1) is 28.1 Å². The quantitative estimate of drug-likeness (QED) is 0.907. The van der Waals surface area contributed by atoms with Crippen LogP contribution < -0.4 is 10.6 Å². The fourth-order valence-electron chi connectivity index (χ4n) is 2.00. The summed E-state index contributed by atoms with van der Waals surface area (Å²) in [5, 5.41) is 0.736. The first kappa shape index (κ1) is 14.2. The summed E-state index contributed by atoms with van der Waals surface area (Å²) in [5.74, 6) is 0. The second kappa shape index (κ2) is 5.80. The smallest absolute Gasteiger partial charge is 0.0778 e. The molecule has 0 amide bonds. The van der Waals surface area contributed by atoms with Crippen LogP contribution in [0.1, 0.15) is 18.5 Å². The van der Waals surface area contributed by atoms with E-state index in [1.54, 1.807) is 12.4 Å². The largest absolute Gasteiger partial charge is 0.396 e. The van der Waals surface area contributed by atoms with Gasteiger partial charge in [0, 0.05) is 18.3 Å². The molecule has 0 bridgehead atoms. The van der Waals surface area contributed by atoms with Crippen molar-refractivity contribution >= 4 is 38.9 Å². The molecule has 1 atom stereocenters. The number of anilines is 2. The third-order valence-electron chi connectivity index (χ3n) is 3.17. The molecular formula is C14H15BrClN3. The van der Waals surface area contributed by atoms with E-state index in [1.165, 1.54) is 0 Å². The normalized spacial score (nSPS) is 12.2. The minimum atomic E-state index is 0.153. The molecule has 0 saturated heterocycles.